The van der Waals surface area contributed by atoms with Crippen LogP contribution < -0.4 is 5.69 Å². The third kappa shape index (κ3) is 1.45. The lowest BCUT2D eigenvalue weighted by atomic mass is 10.3. The van der Waals surface area contributed by atoms with E-state index in [-0.39, 0.29) is 5.69 Å². The lowest BCUT2D eigenvalue weighted by molar-refractivity contribution is 0.629. The van der Waals surface area contributed by atoms with Crippen molar-refractivity contribution in [1.29, 1.82) is 0 Å². The second-order valence-electron chi connectivity index (χ2n) is 3.37. The number of rotatable bonds is 3. The number of aryl methyl sites for hydroxylation is 1. The fourth-order valence-electron chi connectivity index (χ4n) is 1.57. The Labute approximate surface area is 82.4 Å². The summed E-state index contributed by atoms with van der Waals surface area (Å²) >= 11 is 0. The molecule has 14 heavy (non-hydrogen) atoms. The SMILES string of the molecule is CCCCn1c(=O)[nH]c2ccc[c]c21. The van der Waals surface area contributed by atoms with E-state index >= 15 is 0 Å². The van der Waals surface area contributed by atoms with Crippen LogP contribution >= 0.6 is 0 Å². The van der Waals surface area contributed by atoms with Crippen LogP contribution in [0.5, 0.6) is 0 Å². The number of imidazole rings is 1. The largest absolute Gasteiger partial charge is 0.326 e. The molecule has 1 heterocycles. The van der Waals surface area contributed by atoms with Crippen molar-refractivity contribution >= 4 is 11.0 Å². The Kier molecular flexibility index (Phi) is 2.39. The second-order valence-corrected chi connectivity index (χ2v) is 3.37. The zero-order valence-corrected chi connectivity index (χ0v) is 8.21. The lowest BCUT2D eigenvalue weighted by Gasteiger charge is -1.99. The fraction of sp³-hybridized carbons (Fsp3) is 0.364. The van der Waals surface area contributed by atoms with Gasteiger partial charge in [0.25, 0.3) is 0 Å². The van der Waals surface area contributed by atoms with Crippen molar-refractivity contribution in [3.8, 4) is 0 Å². The molecule has 0 unspecified atom stereocenters. The first-order chi connectivity index (χ1) is 6.83. The van der Waals surface area contributed by atoms with Gasteiger partial charge in [-0.25, -0.2) is 4.79 Å². The standard InChI is InChI=1S/C11H13N2O/c1-2-3-8-13-10-7-5-4-6-9(10)12-11(13)14/h4-6H,2-3,8H2,1H3,(H,12,14). The maximum Gasteiger partial charge on any atom is 0.326 e. The van der Waals surface area contributed by atoms with Crippen molar-refractivity contribution in [1.82, 2.24) is 9.55 Å². The predicted octanol–water partition coefficient (Wildman–Crippen LogP) is 1.93. The molecule has 2 rings (SSSR count). The Hall–Kier alpha value is -1.51. The molecule has 0 aliphatic carbocycles. The molecule has 3 heteroatoms. The predicted molar refractivity (Wildman–Crippen MR) is 56.3 cm³/mol. The summed E-state index contributed by atoms with van der Waals surface area (Å²) in [6.45, 7) is 2.89. The zero-order valence-electron chi connectivity index (χ0n) is 8.21. The lowest BCUT2D eigenvalue weighted by Crippen LogP contribution is -2.16. The summed E-state index contributed by atoms with van der Waals surface area (Å²) in [5, 5.41) is 0. The van der Waals surface area contributed by atoms with Crippen LogP contribution in [0.3, 0.4) is 0 Å². The molecule has 0 aliphatic rings. The monoisotopic (exact) mass is 189 g/mol. The highest BCUT2D eigenvalue weighted by atomic mass is 16.1. The Bertz CT molecular complexity index is 481. The van der Waals surface area contributed by atoms with Crippen LogP contribution in [0.15, 0.2) is 23.0 Å². The molecule has 0 saturated carbocycles. The summed E-state index contributed by atoms with van der Waals surface area (Å²) < 4.78 is 1.75. The summed E-state index contributed by atoms with van der Waals surface area (Å²) in [6, 6.07) is 8.69. The number of nitrogens with zero attached hydrogens (tertiary/aromatic N) is 1. The molecule has 1 aromatic carbocycles. The number of aromatic nitrogens is 2. The third-order valence-corrected chi connectivity index (χ3v) is 2.33. The van der Waals surface area contributed by atoms with E-state index < -0.39 is 0 Å². The van der Waals surface area contributed by atoms with Crippen molar-refractivity contribution < 1.29 is 0 Å². The van der Waals surface area contributed by atoms with Gasteiger partial charge in [-0.05, 0) is 12.5 Å². The molecule has 0 amide bonds. The smallest absolute Gasteiger partial charge is 0.306 e. The first kappa shape index (κ1) is 9.06. The van der Waals surface area contributed by atoms with Crippen molar-refractivity contribution in [2.24, 2.45) is 0 Å². The minimum absolute atomic E-state index is 0.0316. The highest BCUT2D eigenvalue weighted by Gasteiger charge is 2.04. The van der Waals surface area contributed by atoms with E-state index in [1.807, 2.05) is 18.2 Å². The van der Waals surface area contributed by atoms with Crippen molar-refractivity contribution in [2.75, 3.05) is 0 Å². The number of aromatic amines is 1. The quantitative estimate of drug-likeness (QED) is 0.787. The molecule has 0 bridgehead atoms. The molecule has 1 N–H and O–H groups in total. The Morgan fingerprint density at radius 2 is 2.43 bits per heavy atom. The number of hydrogen-bond donors (Lipinski definition) is 1. The van der Waals surface area contributed by atoms with Gasteiger partial charge >= 0.3 is 5.69 Å². The molecule has 73 valence electrons. The average Bonchev–Trinajstić information content (AvgIpc) is 2.51. The molecule has 2 aromatic rings. The van der Waals surface area contributed by atoms with Gasteiger partial charge in [0.05, 0.1) is 11.0 Å². The summed E-state index contributed by atoms with van der Waals surface area (Å²) in [6.07, 6.45) is 2.11. The van der Waals surface area contributed by atoms with Crippen LogP contribution in [0, 0.1) is 6.07 Å². The van der Waals surface area contributed by atoms with Crippen molar-refractivity contribution in [2.45, 2.75) is 26.3 Å². The summed E-state index contributed by atoms with van der Waals surface area (Å²) in [5.41, 5.74) is 1.72. The molecule has 0 spiro atoms. The molecule has 1 aromatic heterocycles. The van der Waals surface area contributed by atoms with E-state index in [0.29, 0.717) is 0 Å². The van der Waals surface area contributed by atoms with E-state index in [1.165, 1.54) is 0 Å². The number of H-pyrrole nitrogens is 1. The third-order valence-electron chi connectivity index (χ3n) is 2.33. The molecule has 1 radical (unpaired) electrons. The van der Waals surface area contributed by atoms with E-state index in [2.05, 4.69) is 18.0 Å². The molecular weight excluding hydrogens is 176 g/mol. The molecule has 0 atom stereocenters. The number of nitrogens with one attached hydrogen (secondary N) is 1. The van der Waals surface area contributed by atoms with Crippen molar-refractivity contribution in [3.05, 3.63) is 34.7 Å². The van der Waals surface area contributed by atoms with E-state index in [0.717, 1.165) is 30.4 Å². The van der Waals surface area contributed by atoms with Gasteiger partial charge in [0.2, 0.25) is 0 Å². The Balaban J connectivity index is 2.51. The first-order valence-electron chi connectivity index (χ1n) is 4.92. The van der Waals surface area contributed by atoms with Crippen LogP contribution in [-0.2, 0) is 6.54 Å². The number of hydrogen-bond acceptors (Lipinski definition) is 1. The van der Waals surface area contributed by atoms with Crippen LogP contribution in [-0.4, -0.2) is 9.55 Å². The van der Waals surface area contributed by atoms with Gasteiger partial charge in [-0.1, -0.05) is 25.5 Å². The Morgan fingerprint density at radius 1 is 1.57 bits per heavy atom. The molecule has 0 fully saturated rings. The van der Waals surface area contributed by atoms with Crippen molar-refractivity contribution in [3.63, 3.8) is 0 Å². The van der Waals surface area contributed by atoms with Crippen LogP contribution in [0.25, 0.3) is 11.0 Å². The summed E-state index contributed by atoms with van der Waals surface area (Å²) in [5.74, 6) is 0. The van der Waals surface area contributed by atoms with Crippen LogP contribution in [0.2, 0.25) is 0 Å². The van der Waals surface area contributed by atoms with E-state index in [4.69, 9.17) is 0 Å². The van der Waals surface area contributed by atoms with Gasteiger partial charge in [0.1, 0.15) is 0 Å². The number of para-hydroxylation sites is 1. The summed E-state index contributed by atoms with van der Waals surface area (Å²) in [7, 11) is 0. The van der Waals surface area contributed by atoms with Crippen LogP contribution in [0.4, 0.5) is 0 Å². The number of unbranched alkanes of at least 4 members (excludes halogenated alkanes) is 1. The second kappa shape index (κ2) is 3.70. The highest BCUT2D eigenvalue weighted by molar-refractivity contribution is 5.74. The molecule has 0 aliphatic heterocycles. The topological polar surface area (TPSA) is 37.8 Å². The van der Waals surface area contributed by atoms with E-state index in [1.54, 1.807) is 4.57 Å². The maximum atomic E-state index is 11.5. The summed E-state index contributed by atoms with van der Waals surface area (Å²) in [4.78, 5) is 14.3. The van der Waals surface area contributed by atoms with Gasteiger partial charge < -0.3 is 4.98 Å². The zero-order chi connectivity index (χ0) is 9.97. The minimum Gasteiger partial charge on any atom is -0.306 e. The molecular formula is C11H13N2O. The van der Waals surface area contributed by atoms with Gasteiger partial charge in [0.15, 0.2) is 0 Å². The fourth-order valence-corrected chi connectivity index (χ4v) is 1.57. The first-order valence-corrected chi connectivity index (χ1v) is 4.92. The average molecular weight is 189 g/mol. The normalized spacial score (nSPS) is 10.9. The van der Waals surface area contributed by atoms with Gasteiger partial charge in [0, 0.05) is 12.6 Å². The van der Waals surface area contributed by atoms with E-state index in [9.17, 15) is 4.79 Å². The van der Waals surface area contributed by atoms with Gasteiger partial charge in [-0.2, -0.15) is 0 Å². The van der Waals surface area contributed by atoms with Crippen LogP contribution in [0.1, 0.15) is 19.8 Å². The number of fused-ring (bicyclic) bond motifs is 1. The van der Waals surface area contributed by atoms with Gasteiger partial charge in [-0.15, -0.1) is 0 Å². The molecule has 0 saturated heterocycles. The highest BCUT2D eigenvalue weighted by Crippen LogP contribution is 2.08. The number of benzene rings is 1. The maximum absolute atomic E-state index is 11.5. The molecule has 3 nitrogen and oxygen atoms in total. The minimum atomic E-state index is -0.0316. The van der Waals surface area contributed by atoms with Gasteiger partial charge in [-0.3, -0.25) is 4.57 Å². The Morgan fingerprint density at radius 3 is 3.21 bits per heavy atom.